The summed E-state index contributed by atoms with van der Waals surface area (Å²) < 4.78 is 24.3. The van der Waals surface area contributed by atoms with Crippen LogP contribution in [-0.4, -0.2) is 37.1 Å². The van der Waals surface area contributed by atoms with Crippen molar-refractivity contribution in [2.45, 2.75) is 18.8 Å². The number of aliphatic hydroxyl groups is 2. The third-order valence-electron chi connectivity index (χ3n) is 2.41. The normalized spacial score (nSPS) is 13.6. The molecule has 6 heteroatoms. The topological polar surface area (TPSA) is 74.6 Å². The second-order valence-electron chi connectivity index (χ2n) is 3.91. The zero-order valence-electron chi connectivity index (χ0n) is 9.43. The lowest BCUT2D eigenvalue weighted by Crippen LogP contribution is -2.25. The largest absolute Gasteiger partial charge is 0.394 e. The van der Waals surface area contributed by atoms with E-state index in [1.54, 1.807) is 12.1 Å². The van der Waals surface area contributed by atoms with E-state index in [4.69, 9.17) is 10.2 Å². The molecular weight excluding hydrogens is 308 g/mol. The predicted molar refractivity (Wildman–Crippen MR) is 69.5 cm³/mol. The summed E-state index contributed by atoms with van der Waals surface area (Å²) in [5.41, 5.74) is 1.57. The van der Waals surface area contributed by atoms with Gasteiger partial charge in [0.1, 0.15) is 0 Å². The van der Waals surface area contributed by atoms with Crippen LogP contribution in [0.15, 0.2) is 22.7 Å². The molecule has 4 nitrogen and oxygen atoms in total. The standard InChI is InChI=1S/C11H15BrO4S/c1-8-9(3-2-4-11(8)12)6-17(15,16)7-10(14)5-13/h2-4,10,13-14H,5-7H2,1H3/t10-/m0/s1. The summed E-state index contributed by atoms with van der Waals surface area (Å²) in [6, 6.07) is 5.35. The molecular formula is C11H15BrO4S. The van der Waals surface area contributed by atoms with Gasteiger partial charge in [0, 0.05) is 4.47 Å². The van der Waals surface area contributed by atoms with Crippen molar-refractivity contribution in [3.63, 3.8) is 0 Å². The van der Waals surface area contributed by atoms with Crippen molar-refractivity contribution >= 4 is 25.8 Å². The van der Waals surface area contributed by atoms with Crippen LogP contribution in [-0.2, 0) is 15.6 Å². The average molecular weight is 323 g/mol. The van der Waals surface area contributed by atoms with E-state index < -0.39 is 28.3 Å². The van der Waals surface area contributed by atoms with Gasteiger partial charge >= 0.3 is 0 Å². The maximum Gasteiger partial charge on any atom is 0.157 e. The van der Waals surface area contributed by atoms with Crippen LogP contribution in [0, 0.1) is 6.92 Å². The summed E-state index contributed by atoms with van der Waals surface area (Å²) in [7, 11) is -3.42. The zero-order valence-corrected chi connectivity index (χ0v) is 11.8. The molecule has 0 aliphatic rings. The zero-order chi connectivity index (χ0) is 13.1. The number of sulfone groups is 1. The number of benzene rings is 1. The van der Waals surface area contributed by atoms with Crippen LogP contribution in [0.1, 0.15) is 11.1 Å². The number of aliphatic hydroxyl groups excluding tert-OH is 2. The lowest BCUT2D eigenvalue weighted by atomic mass is 10.1. The first-order valence-corrected chi connectivity index (χ1v) is 7.70. The highest BCUT2D eigenvalue weighted by molar-refractivity contribution is 9.10. The molecule has 96 valence electrons. The van der Waals surface area contributed by atoms with Gasteiger partial charge in [-0.1, -0.05) is 28.1 Å². The minimum absolute atomic E-state index is 0.130. The summed E-state index contributed by atoms with van der Waals surface area (Å²) >= 11 is 3.33. The van der Waals surface area contributed by atoms with Gasteiger partial charge in [0.05, 0.1) is 24.2 Å². The molecule has 1 aromatic rings. The van der Waals surface area contributed by atoms with E-state index >= 15 is 0 Å². The van der Waals surface area contributed by atoms with Crippen LogP contribution < -0.4 is 0 Å². The van der Waals surface area contributed by atoms with Gasteiger partial charge in [-0.3, -0.25) is 0 Å². The summed E-state index contributed by atoms with van der Waals surface area (Å²) in [6.07, 6.45) is -1.22. The van der Waals surface area contributed by atoms with Crippen LogP contribution in [0.2, 0.25) is 0 Å². The Morgan fingerprint density at radius 3 is 2.65 bits per heavy atom. The second-order valence-corrected chi connectivity index (χ2v) is 6.88. The SMILES string of the molecule is Cc1c(Br)cccc1CS(=O)(=O)C[C@@H](O)CO. The maximum absolute atomic E-state index is 11.7. The molecule has 0 amide bonds. The first-order chi connectivity index (χ1) is 7.85. The molecule has 0 bridgehead atoms. The Bertz CT molecular complexity index is 484. The van der Waals surface area contributed by atoms with Gasteiger partial charge in [-0.05, 0) is 24.1 Å². The molecule has 0 saturated carbocycles. The molecule has 0 aliphatic heterocycles. The van der Waals surface area contributed by atoms with Crippen LogP contribution >= 0.6 is 15.9 Å². The van der Waals surface area contributed by atoms with Crippen LogP contribution in [0.3, 0.4) is 0 Å². The third-order valence-corrected chi connectivity index (χ3v) is 4.91. The van der Waals surface area contributed by atoms with E-state index in [9.17, 15) is 8.42 Å². The number of rotatable bonds is 5. The van der Waals surface area contributed by atoms with Gasteiger partial charge in [-0.15, -0.1) is 0 Å². The Morgan fingerprint density at radius 2 is 2.06 bits per heavy atom. The highest BCUT2D eigenvalue weighted by Crippen LogP contribution is 2.21. The Kier molecular flexibility index (Phi) is 5.12. The maximum atomic E-state index is 11.7. The highest BCUT2D eigenvalue weighted by atomic mass is 79.9. The Morgan fingerprint density at radius 1 is 1.41 bits per heavy atom. The molecule has 0 aromatic heterocycles. The quantitative estimate of drug-likeness (QED) is 0.849. The van der Waals surface area contributed by atoms with Crippen molar-refractivity contribution in [1.29, 1.82) is 0 Å². The summed E-state index contributed by atoms with van der Waals surface area (Å²) in [4.78, 5) is 0. The van der Waals surface area contributed by atoms with Crippen LogP contribution in [0.5, 0.6) is 0 Å². The van der Waals surface area contributed by atoms with E-state index in [2.05, 4.69) is 15.9 Å². The van der Waals surface area contributed by atoms with Gasteiger partial charge in [0.2, 0.25) is 0 Å². The minimum Gasteiger partial charge on any atom is -0.394 e. The Balaban J connectivity index is 2.87. The third kappa shape index (κ3) is 4.39. The second kappa shape index (κ2) is 5.95. The van der Waals surface area contributed by atoms with Crippen LogP contribution in [0.4, 0.5) is 0 Å². The summed E-state index contributed by atoms with van der Waals surface area (Å²) in [6.45, 7) is 1.29. The molecule has 0 fully saturated rings. The summed E-state index contributed by atoms with van der Waals surface area (Å²) in [5, 5.41) is 17.8. The molecule has 0 radical (unpaired) electrons. The van der Waals surface area contributed by atoms with Gasteiger partial charge in [0.15, 0.2) is 9.84 Å². The van der Waals surface area contributed by atoms with Crippen molar-refractivity contribution in [1.82, 2.24) is 0 Å². The van der Waals surface area contributed by atoms with E-state index in [0.717, 1.165) is 10.0 Å². The molecule has 0 heterocycles. The summed E-state index contributed by atoms with van der Waals surface area (Å²) in [5.74, 6) is -0.551. The van der Waals surface area contributed by atoms with E-state index in [1.807, 2.05) is 13.0 Å². The van der Waals surface area contributed by atoms with Crippen molar-refractivity contribution in [3.05, 3.63) is 33.8 Å². The molecule has 1 rings (SSSR count). The van der Waals surface area contributed by atoms with Gasteiger partial charge < -0.3 is 10.2 Å². The molecule has 0 spiro atoms. The fourth-order valence-corrected chi connectivity index (χ4v) is 3.45. The van der Waals surface area contributed by atoms with Gasteiger partial charge in [0.25, 0.3) is 0 Å². The molecule has 1 atom stereocenters. The Labute approximate surface area is 109 Å². The molecule has 0 saturated heterocycles. The number of halogens is 1. The predicted octanol–water partition coefficient (Wildman–Crippen LogP) is 1.03. The monoisotopic (exact) mass is 322 g/mol. The fourth-order valence-electron chi connectivity index (χ4n) is 1.45. The molecule has 2 N–H and O–H groups in total. The minimum atomic E-state index is -3.42. The van der Waals surface area contributed by atoms with Gasteiger partial charge in [-0.2, -0.15) is 0 Å². The lowest BCUT2D eigenvalue weighted by molar-refractivity contribution is 0.112. The van der Waals surface area contributed by atoms with Crippen molar-refractivity contribution in [2.24, 2.45) is 0 Å². The lowest BCUT2D eigenvalue weighted by Gasteiger charge is -2.10. The number of hydrogen-bond acceptors (Lipinski definition) is 4. The molecule has 1 aromatic carbocycles. The molecule has 0 aliphatic carbocycles. The van der Waals surface area contributed by atoms with Gasteiger partial charge in [-0.25, -0.2) is 8.42 Å². The molecule has 0 unspecified atom stereocenters. The first-order valence-electron chi connectivity index (χ1n) is 5.09. The highest BCUT2D eigenvalue weighted by Gasteiger charge is 2.18. The van der Waals surface area contributed by atoms with E-state index in [0.29, 0.717) is 5.56 Å². The van der Waals surface area contributed by atoms with E-state index in [1.165, 1.54) is 0 Å². The van der Waals surface area contributed by atoms with Crippen LogP contribution in [0.25, 0.3) is 0 Å². The fraction of sp³-hybridized carbons (Fsp3) is 0.455. The number of hydrogen-bond donors (Lipinski definition) is 2. The smallest absolute Gasteiger partial charge is 0.157 e. The van der Waals surface area contributed by atoms with Crippen molar-refractivity contribution < 1.29 is 18.6 Å². The van der Waals surface area contributed by atoms with Crippen molar-refractivity contribution in [3.8, 4) is 0 Å². The average Bonchev–Trinajstić information content (AvgIpc) is 2.23. The first kappa shape index (κ1) is 14.6. The van der Waals surface area contributed by atoms with E-state index in [-0.39, 0.29) is 5.75 Å². The Hall–Kier alpha value is -0.430. The van der Waals surface area contributed by atoms with Crippen molar-refractivity contribution in [2.75, 3.05) is 12.4 Å². The molecule has 17 heavy (non-hydrogen) atoms.